The number of oxazole rings is 1. The Kier molecular flexibility index (Phi) is 7.51. The first-order valence-electron chi connectivity index (χ1n) is 9.57. The summed E-state index contributed by atoms with van der Waals surface area (Å²) in [6, 6.07) is 17.3. The summed E-state index contributed by atoms with van der Waals surface area (Å²) in [4.78, 5) is 9.06. The average Bonchev–Trinajstić information content (AvgIpc) is 3.25. The maximum atomic E-state index is 5.72. The lowest BCUT2D eigenvalue weighted by Gasteiger charge is -2.12. The zero-order chi connectivity index (χ0) is 20.3. The van der Waals surface area contributed by atoms with Crippen molar-refractivity contribution in [3.63, 3.8) is 0 Å². The van der Waals surface area contributed by atoms with E-state index in [4.69, 9.17) is 13.9 Å². The number of ether oxygens (including phenoxy) is 2. The van der Waals surface area contributed by atoms with Crippen LogP contribution in [0.1, 0.15) is 12.6 Å². The van der Waals surface area contributed by atoms with Crippen LogP contribution in [0.4, 0.5) is 0 Å². The molecular weight excluding hydrogens is 368 g/mol. The fourth-order valence-electron chi connectivity index (χ4n) is 2.60. The smallest absolute Gasteiger partial charge is 0.226 e. The summed E-state index contributed by atoms with van der Waals surface area (Å²) in [7, 11) is 1.64. The molecule has 0 fully saturated rings. The van der Waals surface area contributed by atoms with Crippen LogP contribution < -0.4 is 20.1 Å². The fraction of sp³-hybridized carbons (Fsp3) is 0.273. The lowest BCUT2D eigenvalue weighted by atomic mass is 10.2. The number of aromatic nitrogens is 1. The van der Waals surface area contributed by atoms with Gasteiger partial charge in [-0.15, -0.1) is 0 Å². The molecule has 0 bridgehead atoms. The number of rotatable bonds is 9. The molecule has 3 aromatic rings. The topological polar surface area (TPSA) is 80.9 Å². The van der Waals surface area contributed by atoms with E-state index in [1.807, 2.05) is 61.5 Å². The molecule has 1 aromatic heterocycles. The predicted octanol–water partition coefficient (Wildman–Crippen LogP) is 3.48. The third-order valence-corrected chi connectivity index (χ3v) is 4.04. The third-order valence-electron chi connectivity index (χ3n) is 4.04. The molecule has 0 aliphatic heterocycles. The second-order valence-corrected chi connectivity index (χ2v) is 6.16. The first-order chi connectivity index (χ1) is 14.3. The summed E-state index contributed by atoms with van der Waals surface area (Å²) in [6.45, 7) is 4.34. The molecular formula is C22H26N4O3. The van der Waals surface area contributed by atoms with Crippen molar-refractivity contribution in [3.8, 4) is 23.0 Å². The van der Waals surface area contributed by atoms with Gasteiger partial charge in [-0.1, -0.05) is 18.2 Å². The van der Waals surface area contributed by atoms with Gasteiger partial charge in [0.1, 0.15) is 30.1 Å². The number of nitrogens with zero attached hydrogens (tertiary/aromatic N) is 2. The van der Waals surface area contributed by atoms with Gasteiger partial charge in [0.15, 0.2) is 5.96 Å². The molecule has 7 nitrogen and oxygen atoms in total. The van der Waals surface area contributed by atoms with Crippen LogP contribution in [0.5, 0.6) is 11.5 Å². The normalized spacial score (nSPS) is 11.2. The van der Waals surface area contributed by atoms with Crippen LogP contribution in [0.3, 0.4) is 0 Å². The molecule has 0 saturated carbocycles. The van der Waals surface area contributed by atoms with E-state index in [1.165, 1.54) is 0 Å². The summed E-state index contributed by atoms with van der Waals surface area (Å²) in [6.07, 6.45) is 1.64. The molecule has 0 atom stereocenters. The van der Waals surface area contributed by atoms with Crippen molar-refractivity contribution in [2.24, 2.45) is 4.99 Å². The first-order valence-corrected chi connectivity index (χ1v) is 9.57. The van der Waals surface area contributed by atoms with Gasteiger partial charge in [-0.2, -0.15) is 0 Å². The monoisotopic (exact) mass is 394 g/mol. The van der Waals surface area contributed by atoms with Crippen LogP contribution in [0, 0.1) is 0 Å². The predicted molar refractivity (Wildman–Crippen MR) is 113 cm³/mol. The number of methoxy groups -OCH3 is 1. The SMILES string of the molecule is CCNC(=NCc1coc(-c2ccccc2)n1)NCCOc1ccc(OC)cc1. The lowest BCUT2D eigenvalue weighted by Crippen LogP contribution is -2.39. The minimum absolute atomic E-state index is 0.422. The van der Waals surface area contributed by atoms with Gasteiger partial charge < -0.3 is 24.5 Å². The molecule has 152 valence electrons. The second kappa shape index (κ2) is 10.8. The summed E-state index contributed by atoms with van der Waals surface area (Å²) < 4.78 is 16.4. The summed E-state index contributed by atoms with van der Waals surface area (Å²) in [5.41, 5.74) is 1.72. The van der Waals surface area contributed by atoms with Gasteiger partial charge in [0.25, 0.3) is 0 Å². The molecule has 1 heterocycles. The van der Waals surface area contributed by atoms with Crippen LogP contribution in [-0.4, -0.2) is 37.7 Å². The maximum absolute atomic E-state index is 5.72. The molecule has 7 heteroatoms. The van der Waals surface area contributed by atoms with E-state index < -0.39 is 0 Å². The molecule has 0 aliphatic carbocycles. The van der Waals surface area contributed by atoms with E-state index >= 15 is 0 Å². The van der Waals surface area contributed by atoms with E-state index in [1.54, 1.807) is 13.4 Å². The summed E-state index contributed by atoms with van der Waals surface area (Å²) >= 11 is 0. The van der Waals surface area contributed by atoms with Crippen molar-refractivity contribution in [2.75, 3.05) is 26.8 Å². The minimum atomic E-state index is 0.422. The molecule has 2 aromatic carbocycles. The molecule has 2 N–H and O–H groups in total. The number of benzene rings is 2. The maximum Gasteiger partial charge on any atom is 0.226 e. The number of aliphatic imine (C=N–C) groups is 1. The Balaban J connectivity index is 1.48. The largest absolute Gasteiger partial charge is 0.497 e. The van der Waals surface area contributed by atoms with E-state index in [0.29, 0.717) is 31.5 Å². The van der Waals surface area contributed by atoms with Crippen LogP contribution in [0.25, 0.3) is 11.5 Å². The second-order valence-electron chi connectivity index (χ2n) is 6.16. The Morgan fingerprint density at radius 3 is 2.52 bits per heavy atom. The van der Waals surface area contributed by atoms with Crippen LogP contribution >= 0.6 is 0 Å². The summed E-state index contributed by atoms with van der Waals surface area (Å²) in [5, 5.41) is 6.47. The highest BCUT2D eigenvalue weighted by Gasteiger charge is 2.06. The highest BCUT2D eigenvalue weighted by molar-refractivity contribution is 5.79. The van der Waals surface area contributed by atoms with E-state index in [-0.39, 0.29) is 0 Å². The molecule has 3 rings (SSSR count). The molecule has 0 saturated heterocycles. The first kappa shape index (κ1) is 20.3. The fourth-order valence-corrected chi connectivity index (χ4v) is 2.60. The van der Waals surface area contributed by atoms with Crippen molar-refractivity contribution >= 4 is 5.96 Å². The van der Waals surface area contributed by atoms with Crippen LogP contribution in [-0.2, 0) is 6.54 Å². The lowest BCUT2D eigenvalue weighted by molar-refractivity contribution is 0.321. The van der Waals surface area contributed by atoms with E-state index in [9.17, 15) is 0 Å². The number of hydrogen-bond acceptors (Lipinski definition) is 5. The van der Waals surface area contributed by atoms with Gasteiger partial charge in [0, 0.05) is 12.1 Å². The van der Waals surface area contributed by atoms with Gasteiger partial charge in [0.2, 0.25) is 5.89 Å². The van der Waals surface area contributed by atoms with Crippen molar-refractivity contribution in [1.29, 1.82) is 0 Å². The molecule has 0 amide bonds. The zero-order valence-corrected chi connectivity index (χ0v) is 16.7. The van der Waals surface area contributed by atoms with Crippen molar-refractivity contribution < 1.29 is 13.9 Å². The minimum Gasteiger partial charge on any atom is -0.497 e. The zero-order valence-electron chi connectivity index (χ0n) is 16.7. The molecule has 0 unspecified atom stereocenters. The van der Waals surface area contributed by atoms with E-state index in [2.05, 4.69) is 20.6 Å². The Bertz CT molecular complexity index is 892. The van der Waals surface area contributed by atoms with E-state index in [0.717, 1.165) is 29.3 Å². The Hall–Kier alpha value is -3.48. The molecule has 0 spiro atoms. The van der Waals surface area contributed by atoms with Gasteiger partial charge in [-0.25, -0.2) is 9.98 Å². The highest BCUT2D eigenvalue weighted by atomic mass is 16.5. The van der Waals surface area contributed by atoms with Gasteiger partial charge >= 0.3 is 0 Å². The molecule has 0 radical (unpaired) electrons. The number of guanidine groups is 1. The van der Waals surface area contributed by atoms with Crippen molar-refractivity contribution in [3.05, 3.63) is 66.6 Å². The quantitative estimate of drug-likeness (QED) is 0.329. The molecule has 29 heavy (non-hydrogen) atoms. The number of nitrogens with one attached hydrogen (secondary N) is 2. The Morgan fingerprint density at radius 2 is 1.79 bits per heavy atom. The Morgan fingerprint density at radius 1 is 1.03 bits per heavy atom. The standard InChI is InChI=1S/C22H26N4O3/c1-3-23-22(24-13-14-28-20-11-9-19(27-2)10-12-20)25-15-18-16-29-21(26-18)17-7-5-4-6-8-17/h4-12,16H,3,13-15H2,1-2H3,(H2,23,24,25). The molecule has 0 aliphatic rings. The van der Waals surface area contributed by atoms with Crippen LogP contribution in [0.2, 0.25) is 0 Å². The van der Waals surface area contributed by atoms with Gasteiger partial charge in [-0.05, 0) is 43.3 Å². The van der Waals surface area contributed by atoms with Gasteiger partial charge in [-0.3, -0.25) is 0 Å². The average molecular weight is 394 g/mol. The van der Waals surface area contributed by atoms with Crippen molar-refractivity contribution in [1.82, 2.24) is 15.6 Å². The van der Waals surface area contributed by atoms with Crippen LogP contribution in [0.15, 0.2) is 70.3 Å². The Labute approximate surface area is 170 Å². The van der Waals surface area contributed by atoms with Crippen molar-refractivity contribution in [2.45, 2.75) is 13.5 Å². The van der Waals surface area contributed by atoms with Gasteiger partial charge in [0.05, 0.1) is 20.2 Å². The number of hydrogen-bond donors (Lipinski definition) is 2. The third kappa shape index (κ3) is 6.27. The highest BCUT2D eigenvalue weighted by Crippen LogP contribution is 2.18. The summed E-state index contributed by atoms with van der Waals surface area (Å²) in [5.74, 6) is 2.91.